The van der Waals surface area contributed by atoms with E-state index in [0.717, 1.165) is 37.6 Å². The average molecular weight is 396 g/mol. The zero-order valence-electron chi connectivity index (χ0n) is 16.3. The molecule has 2 heterocycles. The molecule has 0 unspecified atom stereocenters. The number of piperazine rings is 1. The molecule has 2 aliphatic rings. The van der Waals surface area contributed by atoms with E-state index in [9.17, 15) is 13.2 Å². The number of nitrogens with zero attached hydrogens (tertiary/aromatic N) is 3. The van der Waals surface area contributed by atoms with Crippen LogP contribution >= 0.6 is 0 Å². The van der Waals surface area contributed by atoms with Crippen LogP contribution < -0.4 is 9.64 Å². The fourth-order valence-electron chi connectivity index (χ4n) is 3.87. The summed E-state index contributed by atoms with van der Waals surface area (Å²) in [6, 6.07) is 7.59. The van der Waals surface area contributed by atoms with Crippen LogP contribution in [0.2, 0.25) is 0 Å². The normalized spacial score (nSPS) is 23.8. The lowest BCUT2D eigenvalue weighted by Crippen LogP contribution is -2.55. The van der Waals surface area contributed by atoms with Crippen molar-refractivity contribution in [1.82, 2.24) is 9.80 Å². The summed E-state index contributed by atoms with van der Waals surface area (Å²) in [6.45, 7) is 5.23. The Balaban J connectivity index is 1.54. The molecule has 2 saturated heterocycles. The van der Waals surface area contributed by atoms with E-state index >= 15 is 0 Å². The fourth-order valence-corrected chi connectivity index (χ4v) is 5.65. The van der Waals surface area contributed by atoms with Crippen molar-refractivity contribution in [2.24, 2.45) is 0 Å². The van der Waals surface area contributed by atoms with Crippen LogP contribution in [0.1, 0.15) is 13.3 Å². The van der Waals surface area contributed by atoms with Gasteiger partial charge in [-0.15, -0.1) is 0 Å². The van der Waals surface area contributed by atoms with Gasteiger partial charge < -0.3 is 14.5 Å². The van der Waals surface area contributed by atoms with Crippen LogP contribution in [0.5, 0.6) is 5.75 Å². The van der Waals surface area contributed by atoms with Gasteiger partial charge in [-0.05, 0) is 37.6 Å². The third-order valence-electron chi connectivity index (χ3n) is 5.76. The maximum atomic E-state index is 12.8. The van der Waals surface area contributed by atoms with Crippen LogP contribution in [0.15, 0.2) is 24.3 Å². The van der Waals surface area contributed by atoms with Gasteiger partial charge in [-0.25, -0.2) is 8.42 Å². The van der Waals surface area contributed by atoms with Crippen LogP contribution in [0.4, 0.5) is 5.69 Å². The Morgan fingerprint density at radius 2 is 1.81 bits per heavy atom. The second-order valence-electron chi connectivity index (χ2n) is 7.40. The lowest BCUT2D eigenvalue weighted by molar-refractivity contribution is -0.136. The number of benzene rings is 1. The van der Waals surface area contributed by atoms with Crippen molar-refractivity contribution in [3.63, 3.8) is 0 Å². The van der Waals surface area contributed by atoms with Crippen molar-refractivity contribution >= 4 is 21.4 Å². The molecule has 3 rings (SSSR count). The number of amides is 1. The molecule has 150 valence electrons. The number of carbonyl (C=O) groups excluding carboxylic acids is 1. The van der Waals surface area contributed by atoms with Crippen LogP contribution in [0.25, 0.3) is 0 Å². The summed E-state index contributed by atoms with van der Waals surface area (Å²) >= 11 is 0. The third kappa shape index (κ3) is 4.55. The Morgan fingerprint density at radius 1 is 1.19 bits per heavy atom. The van der Waals surface area contributed by atoms with Gasteiger partial charge >= 0.3 is 0 Å². The van der Waals surface area contributed by atoms with Crippen LogP contribution in [-0.4, -0.2) is 88.1 Å². The Bertz CT molecular complexity index is 758. The zero-order chi connectivity index (χ0) is 19.6. The van der Waals surface area contributed by atoms with Crippen molar-refractivity contribution in [3.05, 3.63) is 24.3 Å². The minimum Gasteiger partial charge on any atom is -0.497 e. The van der Waals surface area contributed by atoms with Crippen molar-refractivity contribution < 1.29 is 17.9 Å². The van der Waals surface area contributed by atoms with Gasteiger partial charge in [0.2, 0.25) is 5.91 Å². The lowest BCUT2D eigenvalue weighted by Gasteiger charge is -2.40. The number of carbonyl (C=O) groups is 1. The summed E-state index contributed by atoms with van der Waals surface area (Å²) in [5, 5.41) is 0. The fraction of sp³-hybridized carbons (Fsp3) is 0.632. The van der Waals surface area contributed by atoms with Gasteiger partial charge in [-0.2, -0.15) is 0 Å². The predicted octanol–water partition coefficient (Wildman–Crippen LogP) is 0.851. The van der Waals surface area contributed by atoms with E-state index in [-0.39, 0.29) is 29.5 Å². The monoisotopic (exact) mass is 395 g/mol. The highest BCUT2D eigenvalue weighted by molar-refractivity contribution is 7.91. The van der Waals surface area contributed by atoms with Crippen molar-refractivity contribution in [2.45, 2.75) is 25.4 Å². The summed E-state index contributed by atoms with van der Waals surface area (Å²) in [5.74, 6) is 1.13. The van der Waals surface area contributed by atoms with E-state index in [1.807, 2.05) is 19.1 Å². The summed E-state index contributed by atoms with van der Waals surface area (Å²) < 4.78 is 28.6. The van der Waals surface area contributed by atoms with Crippen LogP contribution in [0, 0.1) is 0 Å². The molecule has 7 nitrogen and oxygen atoms in total. The maximum Gasteiger partial charge on any atom is 0.239 e. The molecule has 0 spiro atoms. The summed E-state index contributed by atoms with van der Waals surface area (Å²) in [4.78, 5) is 19.0. The van der Waals surface area contributed by atoms with Gasteiger partial charge in [0.1, 0.15) is 5.75 Å². The number of anilines is 1. The van der Waals surface area contributed by atoms with Crippen molar-refractivity contribution in [2.75, 3.05) is 56.7 Å². The summed E-state index contributed by atoms with van der Waals surface area (Å²) in [7, 11) is 0.400. The second-order valence-corrected chi connectivity index (χ2v) is 9.63. The first-order valence-corrected chi connectivity index (χ1v) is 11.2. The van der Waals surface area contributed by atoms with Gasteiger partial charge in [-0.1, -0.05) is 0 Å². The smallest absolute Gasteiger partial charge is 0.239 e. The average Bonchev–Trinajstić information content (AvgIpc) is 3.06. The maximum absolute atomic E-state index is 12.8. The van der Waals surface area contributed by atoms with Crippen molar-refractivity contribution in [1.29, 1.82) is 0 Å². The van der Waals surface area contributed by atoms with E-state index < -0.39 is 9.84 Å². The van der Waals surface area contributed by atoms with Gasteiger partial charge in [0.05, 0.1) is 24.7 Å². The highest BCUT2D eigenvalue weighted by atomic mass is 32.2. The molecule has 1 aromatic carbocycles. The minimum atomic E-state index is -2.99. The molecule has 2 fully saturated rings. The lowest BCUT2D eigenvalue weighted by atomic mass is 10.1. The molecular weight excluding hydrogens is 366 g/mol. The largest absolute Gasteiger partial charge is 0.497 e. The zero-order valence-corrected chi connectivity index (χ0v) is 17.1. The Labute approximate surface area is 161 Å². The van der Waals surface area contributed by atoms with Gasteiger partial charge in [0, 0.05) is 45.0 Å². The van der Waals surface area contributed by atoms with E-state index in [2.05, 4.69) is 21.9 Å². The molecule has 0 aliphatic carbocycles. The van der Waals surface area contributed by atoms with E-state index in [1.54, 1.807) is 19.1 Å². The number of rotatable bonds is 5. The van der Waals surface area contributed by atoms with Gasteiger partial charge in [-0.3, -0.25) is 9.69 Å². The summed E-state index contributed by atoms with van der Waals surface area (Å²) in [5.41, 5.74) is 1.16. The molecule has 2 atom stereocenters. The molecule has 2 aliphatic heterocycles. The second kappa shape index (κ2) is 8.06. The topological polar surface area (TPSA) is 70.2 Å². The number of hydrogen-bond acceptors (Lipinski definition) is 6. The highest BCUT2D eigenvalue weighted by Gasteiger charge is 2.35. The third-order valence-corrected chi connectivity index (χ3v) is 7.51. The Hall–Kier alpha value is -1.80. The number of hydrogen-bond donors (Lipinski definition) is 0. The first-order chi connectivity index (χ1) is 12.8. The molecular formula is C19H29N3O4S. The number of methoxy groups -OCH3 is 1. The molecule has 0 bridgehead atoms. The molecule has 1 aromatic rings. The highest BCUT2D eigenvalue weighted by Crippen LogP contribution is 2.22. The minimum absolute atomic E-state index is 0.00926. The van der Waals surface area contributed by atoms with E-state index in [4.69, 9.17) is 4.74 Å². The number of ether oxygens (including phenoxy) is 1. The van der Waals surface area contributed by atoms with E-state index in [1.165, 1.54) is 0 Å². The van der Waals surface area contributed by atoms with Gasteiger partial charge in [0.15, 0.2) is 9.84 Å². The molecule has 27 heavy (non-hydrogen) atoms. The van der Waals surface area contributed by atoms with E-state index in [0.29, 0.717) is 6.42 Å². The van der Waals surface area contributed by atoms with Crippen molar-refractivity contribution in [3.8, 4) is 5.75 Å². The molecule has 8 heteroatoms. The SMILES string of the molecule is COc1ccc(N2CCN([C@H](C)C(=O)N(C)[C@H]3CCS(=O)(=O)C3)CC2)cc1. The first kappa shape index (κ1) is 19.9. The Kier molecular flexibility index (Phi) is 5.95. The van der Waals surface area contributed by atoms with Crippen LogP contribution in [-0.2, 0) is 14.6 Å². The first-order valence-electron chi connectivity index (χ1n) is 9.41. The predicted molar refractivity (Wildman–Crippen MR) is 106 cm³/mol. The molecule has 0 aromatic heterocycles. The quantitative estimate of drug-likeness (QED) is 0.736. The summed E-state index contributed by atoms with van der Waals surface area (Å²) in [6.07, 6.45) is 0.544. The Morgan fingerprint density at radius 3 is 2.33 bits per heavy atom. The molecule has 0 radical (unpaired) electrons. The van der Waals surface area contributed by atoms with Gasteiger partial charge in [0.25, 0.3) is 0 Å². The van der Waals surface area contributed by atoms with Crippen LogP contribution in [0.3, 0.4) is 0 Å². The molecule has 1 amide bonds. The number of likely N-dealkylation sites (N-methyl/N-ethyl adjacent to an activating group) is 1. The standard InChI is InChI=1S/C19H29N3O4S/c1-15(19(23)20(2)17-8-13-27(24,25)14-17)21-9-11-22(12-10-21)16-4-6-18(26-3)7-5-16/h4-7,15,17H,8-14H2,1-3H3/t15-,17+/m1/s1. The number of sulfone groups is 1. The molecule has 0 saturated carbocycles. The molecule has 0 N–H and O–H groups in total.